The Kier molecular flexibility index (Phi) is 6.29. The number of ether oxygens (including phenoxy) is 1. The summed E-state index contributed by atoms with van der Waals surface area (Å²) in [6.45, 7) is 2.64. The van der Waals surface area contributed by atoms with Crippen molar-refractivity contribution in [2.24, 2.45) is 0 Å². The second-order valence-electron chi connectivity index (χ2n) is 8.17. The number of rotatable bonds is 8. The molecule has 4 nitrogen and oxygen atoms in total. The van der Waals surface area contributed by atoms with E-state index in [-0.39, 0.29) is 0 Å². The molecule has 0 fully saturated rings. The standard InChI is InChI=1S/C28H26ClN3O/c1-33-23-10-12-26-25(17-23)28(24-11-9-22(29)16-27(24)32-26)31-14-4-13-30-18-19-7-8-20-5-2-3-6-21(20)15-19/h2-3,5-12,15-17,30H,4,13-14,18H2,1H3,(H,31,32). The van der Waals surface area contributed by atoms with Crippen LogP contribution in [0.3, 0.4) is 0 Å². The molecular weight excluding hydrogens is 430 g/mol. The van der Waals surface area contributed by atoms with E-state index in [0.717, 1.165) is 59.3 Å². The number of nitrogens with one attached hydrogen (secondary N) is 2. The number of anilines is 1. The maximum Gasteiger partial charge on any atom is 0.119 e. The lowest BCUT2D eigenvalue weighted by Crippen LogP contribution is -2.17. The van der Waals surface area contributed by atoms with Gasteiger partial charge in [-0.15, -0.1) is 0 Å². The Hall–Kier alpha value is -3.34. The Morgan fingerprint density at radius 3 is 2.58 bits per heavy atom. The molecule has 1 aromatic heterocycles. The van der Waals surface area contributed by atoms with Gasteiger partial charge in [-0.25, -0.2) is 4.98 Å². The molecule has 0 aliphatic carbocycles. The van der Waals surface area contributed by atoms with Crippen LogP contribution in [-0.4, -0.2) is 25.2 Å². The van der Waals surface area contributed by atoms with E-state index in [1.807, 2.05) is 36.4 Å². The fourth-order valence-corrected chi connectivity index (χ4v) is 4.39. The van der Waals surface area contributed by atoms with Crippen molar-refractivity contribution in [1.29, 1.82) is 0 Å². The quantitative estimate of drug-likeness (QED) is 0.199. The number of nitrogens with zero attached hydrogens (tertiary/aromatic N) is 1. The molecule has 5 rings (SSSR count). The zero-order chi connectivity index (χ0) is 22.6. The third-order valence-electron chi connectivity index (χ3n) is 5.92. The van der Waals surface area contributed by atoms with Crippen LogP contribution in [-0.2, 0) is 6.54 Å². The van der Waals surface area contributed by atoms with Crippen molar-refractivity contribution in [2.75, 3.05) is 25.5 Å². The second-order valence-corrected chi connectivity index (χ2v) is 8.61. The SMILES string of the molecule is COc1ccc2nc3cc(Cl)ccc3c(NCCCNCc3ccc4ccccc4c3)c2c1. The van der Waals surface area contributed by atoms with Crippen LogP contribution >= 0.6 is 11.6 Å². The van der Waals surface area contributed by atoms with Gasteiger partial charge in [0, 0.05) is 28.9 Å². The maximum atomic E-state index is 6.23. The van der Waals surface area contributed by atoms with Gasteiger partial charge in [0.2, 0.25) is 0 Å². The monoisotopic (exact) mass is 455 g/mol. The van der Waals surface area contributed by atoms with Crippen molar-refractivity contribution in [3.05, 3.63) is 89.4 Å². The highest BCUT2D eigenvalue weighted by Crippen LogP contribution is 2.34. The number of hydrogen-bond donors (Lipinski definition) is 2. The zero-order valence-corrected chi connectivity index (χ0v) is 19.3. The summed E-state index contributed by atoms with van der Waals surface area (Å²) in [5, 5.41) is 12.6. The summed E-state index contributed by atoms with van der Waals surface area (Å²) in [6.07, 6.45) is 0.996. The summed E-state index contributed by atoms with van der Waals surface area (Å²) in [5.74, 6) is 0.817. The van der Waals surface area contributed by atoms with E-state index in [9.17, 15) is 0 Å². The van der Waals surface area contributed by atoms with E-state index in [1.165, 1.54) is 16.3 Å². The topological polar surface area (TPSA) is 46.2 Å². The first-order valence-electron chi connectivity index (χ1n) is 11.2. The van der Waals surface area contributed by atoms with Gasteiger partial charge < -0.3 is 15.4 Å². The molecule has 5 heteroatoms. The lowest BCUT2D eigenvalue weighted by molar-refractivity contribution is 0.415. The van der Waals surface area contributed by atoms with Crippen molar-refractivity contribution in [1.82, 2.24) is 10.3 Å². The first-order chi connectivity index (χ1) is 16.2. The van der Waals surface area contributed by atoms with Gasteiger partial charge in [0.25, 0.3) is 0 Å². The molecule has 0 amide bonds. The normalized spacial score (nSPS) is 11.3. The highest BCUT2D eigenvalue weighted by Gasteiger charge is 2.10. The average Bonchev–Trinajstić information content (AvgIpc) is 2.85. The summed E-state index contributed by atoms with van der Waals surface area (Å²) >= 11 is 6.23. The van der Waals surface area contributed by atoms with E-state index in [0.29, 0.717) is 5.02 Å². The number of fused-ring (bicyclic) bond motifs is 3. The van der Waals surface area contributed by atoms with Gasteiger partial charge in [0.1, 0.15) is 5.75 Å². The molecule has 0 unspecified atom stereocenters. The van der Waals surface area contributed by atoms with Gasteiger partial charge in [-0.05, 0) is 71.8 Å². The van der Waals surface area contributed by atoms with Crippen LogP contribution in [0.5, 0.6) is 5.75 Å². The van der Waals surface area contributed by atoms with Gasteiger partial charge in [-0.2, -0.15) is 0 Å². The minimum Gasteiger partial charge on any atom is -0.497 e. The molecule has 0 spiro atoms. The summed E-state index contributed by atoms with van der Waals surface area (Å²) in [7, 11) is 1.68. The molecule has 0 aliphatic heterocycles. The molecule has 0 bridgehead atoms. The van der Waals surface area contributed by atoms with Crippen LogP contribution in [0.4, 0.5) is 5.69 Å². The predicted octanol–water partition coefficient (Wildman–Crippen LogP) is 6.80. The minimum absolute atomic E-state index is 0.687. The molecule has 0 aliphatic rings. The van der Waals surface area contributed by atoms with Crippen molar-refractivity contribution < 1.29 is 4.74 Å². The summed E-state index contributed by atoms with van der Waals surface area (Å²) in [4.78, 5) is 4.80. The molecule has 0 radical (unpaired) electrons. The van der Waals surface area contributed by atoms with E-state index in [4.69, 9.17) is 21.3 Å². The van der Waals surface area contributed by atoms with E-state index < -0.39 is 0 Å². The zero-order valence-electron chi connectivity index (χ0n) is 18.6. The molecule has 2 N–H and O–H groups in total. The number of pyridine rings is 1. The fraction of sp³-hybridized carbons (Fsp3) is 0.179. The van der Waals surface area contributed by atoms with Gasteiger partial charge in [-0.1, -0.05) is 48.0 Å². The number of methoxy groups -OCH3 is 1. The third kappa shape index (κ3) is 4.72. The molecule has 4 aromatic carbocycles. The van der Waals surface area contributed by atoms with Crippen molar-refractivity contribution >= 4 is 49.9 Å². The Morgan fingerprint density at radius 1 is 0.818 bits per heavy atom. The van der Waals surface area contributed by atoms with Crippen LogP contribution < -0.4 is 15.4 Å². The van der Waals surface area contributed by atoms with Gasteiger partial charge >= 0.3 is 0 Å². The largest absolute Gasteiger partial charge is 0.497 e. The van der Waals surface area contributed by atoms with Crippen LogP contribution in [0.15, 0.2) is 78.9 Å². The van der Waals surface area contributed by atoms with Crippen molar-refractivity contribution in [2.45, 2.75) is 13.0 Å². The average molecular weight is 456 g/mol. The van der Waals surface area contributed by atoms with Crippen LogP contribution in [0.1, 0.15) is 12.0 Å². The minimum atomic E-state index is 0.687. The van der Waals surface area contributed by atoms with Crippen LogP contribution in [0, 0.1) is 0 Å². The predicted molar refractivity (Wildman–Crippen MR) is 140 cm³/mol. The van der Waals surface area contributed by atoms with Crippen LogP contribution in [0.25, 0.3) is 32.6 Å². The summed E-state index contributed by atoms with van der Waals surface area (Å²) in [6, 6.07) is 26.9. The fourth-order valence-electron chi connectivity index (χ4n) is 4.22. The Bertz CT molecular complexity index is 1430. The van der Waals surface area contributed by atoms with Crippen LogP contribution in [0.2, 0.25) is 5.02 Å². The molecule has 1 heterocycles. The molecule has 0 atom stereocenters. The highest BCUT2D eigenvalue weighted by atomic mass is 35.5. The summed E-state index contributed by atoms with van der Waals surface area (Å²) < 4.78 is 5.45. The molecule has 5 aromatic rings. The Labute approximate surface area is 198 Å². The third-order valence-corrected chi connectivity index (χ3v) is 6.15. The molecule has 0 saturated heterocycles. The first kappa shape index (κ1) is 21.5. The first-order valence-corrected chi connectivity index (χ1v) is 11.6. The van der Waals surface area contributed by atoms with E-state index >= 15 is 0 Å². The Morgan fingerprint density at radius 2 is 1.70 bits per heavy atom. The van der Waals surface area contributed by atoms with Crippen molar-refractivity contribution in [3.8, 4) is 5.75 Å². The number of hydrogen-bond acceptors (Lipinski definition) is 4. The van der Waals surface area contributed by atoms with Gasteiger partial charge in [0.05, 0.1) is 23.8 Å². The lowest BCUT2D eigenvalue weighted by atomic mass is 10.1. The number of halogens is 1. The number of aromatic nitrogens is 1. The van der Waals surface area contributed by atoms with E-state index in [1.54, 1.807) is 7.11 Å². The highest BCUT2D eigenvalue weighted by molar-refractivity contribution is 6.31. The summed E-state index contributed by atoms with van der Waals surface area (Å²) in [5.41, 5.74) is 4.18. The molecular formula is C28H26ClN3O. The lowest BCUT2D eigenvalue weighted by Gasteiger charge is -2.14. The van der Waals surface area contributed by atoms with Gasteiger partial charge in [0.15, 0.2) is 0 Å². The Balaban J connectivity index is 1.26. The number of benzene rings is 4. The second kappa shape index (κ2) is 9.65. The van der Waals surface area contributed by atoms with Crippen molar-refractivity contribution in [3.63, 3.8) is 0 Å². The molecule has 33 heavy (non-hydrogen) atoms. The maximum absolute atomic E-state index is 6.23. The molecule has 0 saturated carbocycles. The molecule has 166 valence electrons. The van der Waals surface area contributed by atoms with E-state index in [2.05, 4.69) is 53.1 Å². The smallest absolute Gasteiger partial charge is 0.119 e. The van der Waals surface area contributed by atoms with Gasteiger partial charge in [-0.3, -0.25) is 0 Å².